The summed E-state index contributed by atoms with van der Waals surface area (Å²) in [4.78, 5) is 52.9. The van der Waals surface area contributed by atoms with Crippen LogP contribution in [0.1, 0.15) is 71.8 Å². The Balaban J connectivity index is 0.00000185. The van der Waals surface area contributed by atoms with Gasteiger partial charge in [-0.2, -0.15) is 11.8 Å². The van der Waals surface area contributed by atoms with Crippen LogP contribution in [-0.2, 0) is 23.9 Å². The Morgan fingerprint density at radius 3 is 2.16 bits per heavy atom. The molecule has 1 aliphatic carbocycles. The fourth-order valence-corrected chi connectivity index (χ4v) is 4.55. The van der Waals surface area contributed by atoms with E-state index >= 15 is 0 Å². The predicted molar refractivity (Wildman–Crippen MR) is 206 cm³/mol. The van der Waals surface area contributed by atoms with Crippen molar-refractivity contribution in [2.24, 2.45) is 22.4 Å². The van der Waals surface area contributed by atoms with Gasteiger partial charge in [0.1, 0.15) is 6.04 Å². The zero-order chi connectivity index (χ0) is 37.6. The largest absolute Gasteiger partial charge is 0.388 e. The molecule has 50 heavy (non-hydrogen) atoms. The number of aliphatic imine (C=N–C) groups is 1. The summed E-state index contributed by atoms with van der Waals surface area (Å²) in [6.45, 7) is 11.7. The van der Waals surface area contributed by atoms with Crippen LogP contribution in [0.5, 0.6) is 0 Å². The molecule has 0 saturated heterocycles. The van der Waals surface area contributed by atoms with Crippen LogP contribution in [0, 0.1) is 12.8 Å². The van der Waals surface area contributed by atoms with Crippen molar-refractivity contribution in [1.29, 1.82) is 0 Å². The van der Waals surface area contributed by atoms with Crippen LogP contribution >= 0.6 is 11.8 Å². The first-order valence-electron chi connectivity index (χ1n) is 17.5. The van der Waals surface area contributed by atoms with E-state index < -0.39 is 6.04 Å². The number of hydrogen-bond donors (Lipinski definition) is 7. The summed E-state index contributed by atoms with van der Waals surface area (Å²) in [5, 5.41) is 14.2. The lowest BCUT2D eigenvalue weighted by Crippen LogP contribution is -2.51. The Morgan fingerprint density at radius 1 is 1.02 bits per heavy atom. The van der Waals surface area contributed by atoms with Gasteiger partial charge in [0.25, 0.3) is 0 Å². The van der Waals surface area contributed by atoms with E-state index in [1.165, 1.54) is 16.9 Å². The van der Waals surface area contributed by atoms with E-state index in [1.807, 2.05) is 30.0 Å². The first-order chi connectivity index (χ1) is 24.0. The van der Waals surface area contributed by atoms with Crippen LogP contribution in [0.25, 0.3) is 0 Å². The van der Waals surface area contributed by atoms with Gasteiger partial charge in [-0.25, -0.2) is 0 Å². The Hall–Kier alpha value is -3.62. The van der Waals surface area contributed by atoms with Gasteiger partial charge in [-0.15, -0.1) is 0 Å². The molecule has 9 N–H and O–H groups in total. The second-order valence-electron chi connectivity index (χ2n) is 12.2. The molecule has 0 radical (unpaired) electrons. The monoisotopic (exact) mass is 720 g/mol. The highest BCUT2D eigenvalue weighted by Gasteiger charge is 2.26. The molecule has 2 rings (SSSR count). The minimum absolute atomic E-state index is 0.0562. The maximum absolute atomic E-state index is 13.0. The van der Waals surface area contributed by atoms with Gasteiger partial charge in [0, 0.05) is 25.3 Å². The normalized spacial score (nSPS) is 13.2. The minimum Gasteiger partial charge on any atom is -0.388 e. The Bertz CT molecular complexity index is 1140. The van der Waals surface area contributed by atoms with Crippen LogP contribution in [-0.4, -0.2) is 100.0 Å². The third-order valence-corrected chi connectivity index (χ3v) is 7.79. The number of thioether (sulfide) groups is 1. The average Bonchev–Trinajstić information content (AvgIpc) is 3.06. The van der Waals surface area contributed by atoms with Crippen molar-refractivity contribution >= 4 is 41.7 Å². The van der Waals surface area contributed by atoms with Crippen LogP contribution in [0.2, 0.25) is 0 Å². The van der Waals surface area contributed by atoms with Crippen molar-refractivity contribution in [1.82, 2.24) is 26.6 Å². The van der Waals surface area contributed by atoms with Crippen molar-refractivity contribution in [3.63, 3.8) is 0 Å². The molecule has 1 fully saturated rings. The molecule has 2 unspecified atom stereocenters. The molecule has 1 aliphatic rings. The van der Waals surface area contributed by atoms with Gasteiger partial charge in [0.15, 0.2) is 0 Å². The molecule has 1 aromatic rings. The Morgan fingerprint density at radius 2 is 1.66 bits per heavy atom. The molecule has 13 nitrogen and oxygen atoms in total. The number of amides is 4. The first kappa shape index (κ1) is 46.4. The van der Waals surface area contributed by atoms with Gasteiger partial charge in [-0.05, 0) is 75.9 Å². The molecule has 284 valence electrons. The Kier molecular flexibility index (Phi) is 28.0. The summed E-state index contributed by atoms with van der Waals surface area (Å²) < 4.78 is 5.30. The van der Waals surface area contributed by atoms with Crippen LogP contribution in [0.3, 0.4) is 0 Å². The van der Waals surface area contributed by atoms with Gasteiger partial charge in [-0.3, -0.25) is 24.2 Å². The zero-order valence-corrected chi connectivity index (χ0v) is 32.0. The van der Waals surface area contributed by atoms with Gasteiger partial charge in [-0.1, -0.05) is 56.7 Å². The molecule has 0 heterocycles. The predicted octanol–water partition coefficient (Wildman–Crippen LogP) is 2.39. The first-order valence-corrected chi connectivity index (χ1v) is 18.9. The number of nitrogens with two attached hydrogens (primary N) is 2. The smallest absolute Gasteiger partial charge is 0.242 e. The van der Waals surface area contributed by atoms with Gasteiger partial charge in [0.2, 0.25) is 24.1 Å². The number of carbonyl (C=O) groups excluding carboxylic acids is 4. The highest BCUT2D eigenvalue weighted by molar-refractivity contribution is 7.98. The summed E-state index contributed by atoms with van der Waals surface area (Å²) in [5.41, 5.74) is 14.3. The maximum atomic E-state index is 13.0. The van der Waals surface area contributed by atoms with Crippen molar-refractivity contribution in [3.8, 4) is 0 Å². The van der Waals surface area contributed by atoms with Crippen molar-refractivity contribution in [2.75, 3.05) is 57.9 Å². The molecule has 14 heteroatoms. The van der Waals surface area contributed by atoms with E-state index in [1.54, 1.807) is 6.92 Å². The average molecular weight is 721 g/mol. The van der Waals surface area contributed by atoms with E-state index in [-0.39, 0.29) is 42.8 Å². The molecule has 0 aromatic heterocycles. The third kappa shape index (κ3) is 24.5. The quantitative estimate of drug-likeness (QED) is 0.0407. The number of hydrogen-bond acceptors (Lipinski definition) is 9. The van der Waals surface area contributed by atoms with Crippen LogP contribution in [0.4, 0.5) is 0 Å². The molecular weight excluding hydrogens is 657 g/mol. The number of ether oxygens (including phenoxy) is 1. The summed E-state index contributed by atoms with van der Waals surface area (Å²) in [6.07, 6.45) is 7.02. The molecule has 2 atom stereocenters. The lowest BCUT2D eigenvalue weighted by molar-refractivity contribution is -0.128. The number of carbonyl (C=O) groups is 4. The molecule has 4 amide bonds. The molecule has 1 aromatic carbocycles. The van der Waals surface area contributed by atoms with Crippen molar-refractivity contribution in [3.05, 3.63) is 47.2 Å². The summed E-state index contributed by atoms with van der Waals surface area (Å²) in [6, 6.07) is 9.19. The van der Waals surface area contributed by atoms with Crippen LogP contribution in [0.15, 0.2) is 46.6 Å². The molecule has 0 spiro atoms. The van der Waals surface area contributed by atoms with E-state index in [9.17, 15) is 19.2 Å². The highest BCUT2D eigenvalue weighted by Crippen LogP contribution is 2.30. The maximum Gasteiger partial charge on any atom is 0.242 e. The number of aryl methyl sites for hydroxylation is 1. The van der Waals surface area contributed by atoms with Gasteiger partial charge in [0.05, 0.1) is 38.2 Å². The number of nitrogens with one attached hydrogen (secondary N) is 5. The standard InChI is InChI=1S/C26H48N8O5.C7H8.C3H8S/c1-18(2)14-22(34-23(36)15-29-17-35)25(20-6-4-7-20)32-16-24(37)33-21(8-5-10-30-19(3)28)26(38)31-11-13-39-12-9-27;1-7-5-3-2-4-6-7;1-3-4-2/h17-18,21-22,32H,4-16,27H2,1-3H3,(H2,28,30)(H,29,35)(H,31,38)(H,33,37)(H,34,36);2-6H,1H3;3H2,1-2H3. The summed E-state index contributed by atoms with van der Waals surface area (Å²) >= 11 is 1.86. The van der Waals surface area contributed by atoms with Crippen LogP contribution < -0.4 is 38.1 Å². The summed E-state index contributed by atoms with van der Waals surface area (Å²) in [5.74, 6) is 1.02. The topological polar surface area (TPSA) is 202 Å². The lowest BCUT2D eigenvalue weighted by Gasteiger charge is -2.31. The number of nitrogens with zero attached hydrogens (tertiary/aromatic N) is 1. The fraction of sp³-hybridized carbons (Fsp3) is 0.639. The van der Waals surface area contributed by atoms with E-state index in [0.717, 1.165) is 25.0 Å². The number of allylic oxidation sites excluding steroid dienone is 1. The third-order valence-electron chi connectivity index (χ3n) is 7.21. The van der Waals surface area contributed by atoms with Crippen molar-refractivity contribution < 1.29 is 23.9 Å². The van der Waals surface area contributed by atoms with E-state index in [0.29, 0.717) is 64.4 Å². The van der Waals surface area contributed by atoms with E-state index in [4.69, 9.17) is 16.2 Å². The number of amidine groups is 1. The fourth-order valence-electron chi connectivity index (χ4n) is 4.55. The van der Waals surface area contributed by atoms with Crippen molar-refractivity contribution in [2.45, 2.75) is 85.2 Å². The molecule has 0 aliphatic heterocycles. The Labute approximate surface area is 304 Å². The number of benzene rings is 1. The summed E-state index contributed by atoms with van der Waals surface area (Å²) in [7, 11) is 0. The SMILES string of the molecule is CC(N)=NCCCC(NC(=O)CNC(=C1CCC1)C(CC(C)C)NC(=O)CNC=O)C(=O)NCCOCCN.CCSC.Cc1ccccc1. The van der Waals surface area contributed by atoms with Gasteiger partial charge >= 0.3 is 0 Å². The molecule has 1 saturated carbocycles. The zero-order valence-electron chi connectivity index (χ0n) is 31.1. The molecular formula is C36H64N8O5S. The lowest BCUT2D eigenvalue weighted by atomic mass is 9.86. The highest BCUT2D eigenvalue weighted by atomic mass is 32.2. The minimum atomic E-state index is -0.748. The van der Waals surface area contributed by atoms with Gasteiger partial charge < -0.3 is 42.8 Å². The second-order valence-corrected chi connectivity index (χ2v) is 13.3. The number of rotatable bonds is 22. The van der Waals surface area contributed by atoms with E-state index in [2.05, 4.69) is 77.7 Å². The second kappa shape index (κ2) is 30.2. The molecule has 0 bridgehead atoms.